The monoisotopic (exact) mass is 363 g/mol. The number of ether oxygens (including phenoxy) is 1. The first-order valence-corrected chi connectivity index (χ1v) is 9.91. The molecule has 0 bridgehead atoms. The highest BCUT2D eigenvalue weighted by Crippen LogP contribution is 2.62. The minimum atomic E-state index is -0.221. The van der Waals surface area contributed by atoms with E-state index in [1.165, 1.54) is 29.7 Å². The lowest BCUT2D eigenvalue weighted by Crippen LogP contribution is -2.56. The zero-order chi connectivity index (χ0) is 18.7. The van der Waals surface area contributed by atoms with Gasteiger partial charge in [-0.05, 0) is 22.3 Å². The quantitative estimate of drug-likeness (QED) is 0.772. The summed E-state index contributed by atoms with van der Waals surface area (Å²) in [5.74, 6) is 0.310. The third kappa shape index (κ3) is 1.96. The molecule has 1 saturated heterocycles. The molecule has 1 N–H and O–H groups in total. The Kier molecular flexibility index (Phi) is 3.47. The Morgan fingerprint density at radius 1 is 0.786 bits per heavy atom. The summed E-state index contributed by atoms with van der Waals surface area (Å²) in [7, 11) is 1.20. The van der Waals surface area contributed by atoms with Crippen LogP contribution >= 0.6 is 0 Å². The van der Waals surface area contributed by atoms with Crippen LogP contribution in [0.3, 0.4) is 0 Å². The highest BCUT2D eigenvalue weighted by Gasteiger charge is 2.59. The first-order chi connectivity index (χ1) is 13.8. The van der Waals surface area contributed by atoms with Gasteiger partial charge in [-0.2, -0.15) is 0 Å². The molecule has 0 saturated carbocycles. The maximum absolute atomic E-state index is 9.72. The highest BCUT2D eigenvalue weighted by atomic mass is 16.5. The molecule has 2 aromatic rings. The van der Waals surface area contributed by atoms with Gasteiger partial charge in [-0.25, -0.2) is 0 Å². The van der Waals surface area contributed by atoms with Crippen molar-refractivity contribution in [2.45, 2.75) is 17.6 Å². The van der Waals surface area contributed by atoms with Crippen molar-refractivity contribution in [3.05, 3.63) is 108 Å². The van der Waals surface area contributed by atoms with Gasteiger partial charge in [0.1, 0.15) is 0 Å². The standard InChI is InChI=1S/C25H20BO2/c27-26-16-13-14-24-22(15-16)25(21-11-5-6-12-23(21)28-24)19-9-3-1-7-17(19)18-8-2-4-10-20(18)25/h1-15,21-24,27H. The molecule has 135 valence electrons. The molecule has 3 aliphatic carbocycles. The number of allylic oxidation sites excluding steroid dienone is 4. The van der Waals surface area contributed by atoms with E-state index in [1.54, 1.807) is 0 Å². The van der Waals surface area contributed by atoms with Crippen molar-refractivity contribution in [2.75, 3.05) is 0 Å². The Morgan fingerprint density at radius 3 is 2.14 bits per heavy atom. The molecule has 1 heterocycles. The van der Waals surface area contributed by atoms with Crippen molar-refractivity contribution >= 4 is 7.48 Å². The van der Waals surface area contributed by atoms with Crippen LogP contribution in [0, 0.1) is 11.8 Å². The van der Waals surface area contributed by atoms with Gasteiger partial charge in [0, 0.05) is 17.3 Å². The Hall–Kier alpha value is -2.62. The van der Waals surface area contributed by atoms with Gasteiger partial charge in [0.2, 0.25) is 0 Å². The molecule has 1 aliphatic heterocycles. The van der Waals surface area contributed by atoms with E-state index >= 15 is 0 Å². The Morgan fingerprint density at radius 2 is 1.43 bits per heavy atom. The summed E-state index contributed by atoms with van der Waals surface area (Å²) < 4.78 is 6.54. The molecule has 1 radical (unpaired) electrons. The Bertz CT molecular complexity index is 1030. The third-order valence-corrected chi connectivity index (χ3v) is 6.84. The van der Waals surface area contributed by atoms with E-state index in [1.807, 2.05) is 6.08 Å². The van der Waals surface area contributed by atoms with Gasteiger partial charge < -0.3 is 9.76 Å². The van der Waals surface area contributed by atoms with E-state index in [9.17, 15) is 5.02 Å². The second-order valence-electron chi connectivity index (χ2n) is 8.00. The van der Waals surface area contributed by atoms with Gasteiger partial charge >= 0.3 is 7.48 Å². The summed E-state index contributed by atoms with van der Waals surface area (Å²) in [4.78, 5) is 0. The fourth-order valence-corrected chi connectivity index (χ4v) is 5.84. The van der Waals surface area contributed by atoms with E-state index in [4.69, 9.17) is 4.74 Å². The fourth-order valence-electron chi connectivity index (χ4n) is 5.84. The molecule has 3 heteroatoms. The van der Waals surface area contributed by atoms with Crippen LogP contribution in [0.2, 0.25) is 0 Å². The first-order valence-electron chi connectivity index (χ1n) is 9.91. The van der Waals surface area contributed by atoms with Gasteiger partial charge in [-0.1, -0.05) is 96.5 Å². The topological polar surface area (TPSA) is 29.5 Å². The maximum atomic E-state index is 9.72. The highest BCUT2D eigenvalue weighted by molar-refractivity contribution is 6.37. The summed E-state index contributed by atoms with van der Waals surface area (Å²) in [6.07, 6.45) is 15.0. The summed E-state index contributed by atoms with van der Waals surface area (Å²) >= 11 is 0. The number of rotatable bonds is 1. The largest absolute Gasteiger partial charge is 0.450 e. The molecule has 1 spiro atoms. The minimum absolute atomic E-state index is 0.0275. The van der Waals surface area contributed by atoms with Crippen molar-refractivity contribution in [3.8, 4) is 11.1 Å². The van der Waals surface area contributed by atoms with E-state index < -0.39 is 0 Å². The zero-order valence-electron chi connectivity index (χ0n) is 15.4. The van der Waals surface area contributed by atoms with Crippen molar-refractivity contribution < 1.29 is 9.76 Å². The molecular weight excluding hydrogens is 343 g/mol. The molecule has 4 atom stereocenters. The van der Waals surface area contributed by atoms with Crippen LogP contribution in [0.1, 0.15) is 11.1 Å². The van der Waals surface area contributed by atoms with Gasteiger partial charge in [-0.15, -0.1) is 0 Å². The zero-order valence-corrected chi connectivity index (χ0v) is 15.4. The van der Waals surface area contributed by atoms with Gasteiger partial charge in [-0.3, -0.25) is 0 Å². The van der Waals surface area contributed by atoms with Gasteiger partial charge in [0.25, 0.3) is 0 Å². The second-order valence-corrected chi connectivity index (χ2v) is 8.00. The molecule has 2 aromatic carbocycles. The average Bonchev–Trinajstić information content (AvgIpc) is 3.05. The number of benzene rings is 2. The number of fused-ring (bicyclic) bond motifs is 9. The van der Waals surface area contributed by atoms with Crippen molar-refractivity contribution in [2.24, 2.45) is 11.8 Å². The van der Waals surface area contributed by atoms with Crippen LogP contribution in [-0.4, -0.2) is 24.7 Å². The summed E-state index contributed by atoms with van der Waals surface area (Å²) in [6.45, 7) is 0. The summed E-state index contributed by atoms with van der Waals surface area (Å²) in [6, 6.07) is 17.6. The van der Waals surface area contributed by atoms with E-state index in [0.717, 1.165) is 5.47 Å². The normalized spacial score (nSPS) is 30.2. The number of hydrogen-bond acceptors (Lipinski definition) is 2. The lowest BCUT2D eigenvalue weighted by molar-refractivity contribution is -0.0809. The fraction of sp³-hybridized carbons (Fsp3) is 0.200. The molecule has 28 heavy (non-hydrogen) atoms. The summed E-state index contributed by atoms with van der Waals surface area (Å²) in [5.41, 5.74) is 6.00. The van der Waals surface area contributed by atoms with Crippen LogP contribution in [0.15, 0.2) is 96.5 Å². The van der Waals surface area contributed by atoms with Crippen LogP contribution in [0.5, 0.6) is 0 Å². The molecule has 1 fully saturated rings. The molecule has 4 aliphatic rings. The molecule has 0 amide bonds. The molecular formula is C25H20BO2. The van der Waals surface area contributed by atoms with E-state index in [2.05, 4.69) is 85.0 Å². The van der Waals surface area contributed by atoms with Crippen LogP contribution in [0.25, 0.3) is 11.1 Å². The Balaban J connectivity index is 1.70. The Labute approximate surface area is 165 Å². The van der Waals surface area contributed by atoms with E-state index in [-0.39, 0.29) is 29.5 Å². The predicted octanol–water partition coefficient (Wildman–Crippen LogP) is 4.14. The van der Waals surface area contributed by atoms with Crippen LogP contribution in [0.4, 0.5) is 0 Å². The lowest BCUT2D eigenvalue weighted by atomic mass is 9.54. The molecule has 0 aromatic heterocycles. The molecule has 6 rings (SSSR count). The van der Waals surface area contributed by atoms with Crippen molar-refractivity contribution in [1.29, 1.82) is 0 Å². The minimum Gasteiger partial charge on any atom is -0.450 e. The van der Waals surface area contributed by atoms with Crippen LogP contribution in [-0.2, 0) is 10.2 Å². The number of hydrogen-bond donors (Lipinski definition) is 1. The van der Waals surface area contributed by atoms with Crippen LogP contribution < -0.4 is 0 Å². The SMILES string of the molecule is O[B]C1=CC2C(C=C1)OC1C=CC=CC1C21c2ccccc2-c2ccccc21. The second kappa shape index (κ2) is 5.94. The summed E-state index contributed by atoms with van der Waals surface area (Å²) in [5, 5.41) is 9.72. The third-order valence-electron chi connectivity index (χ3n) is 6.84. The average molecular weight is 363 g/mol. The van der Waals surface area contributed by atoms with Crippen molar-refractivity contribution in [1.82, 2.24) is 0 Å². The maximum Gasteiger partial charge on any atom is 0.326 e. The van der Waals surface area contributed by atoms with Crippen molar-refractivity contribution in [3.63, 3.8) is 0 Å². The van der Waals surface area contributed by atoms with Gasteiger partial charge in [0.15, 0.2) is 0 Å². The van der Waals surface area contributed by atoms with E-state index in [0.29, 0.717) is 0 Å². The first kappa shape index (κ1) is 16.3. The lowest BCUT2D eigenvalue weighted by Gasteiger charge is -2.54. The molecule has 4 unspecified atom stereocenters. The predicted molar refractivity (Wildman–Crippen MR) is 112 cm³/mol. The van der Waals surface area contributed by atoms with Gasteiger partial charge in [0.05, 0.1) is 12.2 Å². The smallest absolute Gasteiger partial charge is 0.326 e. The molecule has 2 nitrogen and oxygen atoms in total.